The molecule has 1 aliphatic heterocycles. The summed E-state index contributed by atoms with van der Waals surface area (Å²) in [6, 6.07) is 10.2. The molecule has 0 bridgehead atoms. The van der Waals surface area contributed by atoms with Gasteiger partial charge in [-0.1, -0.05) is 28.9 Å². The third kappa shape index (κ3) is 5.20. The number of hydrogen-bond donors (Lipinski definition) is 1. The number of hydrogen-bond acceptors (Lipinski definition) is 6. The molecule has 30 heavy (non-hydrogen) atoms. The Morgan fingerprint density at radius 3 is 2.80 bits per heavy atom. The van der Waals surface area contributed by atoms with E-state index < -0.39 is 16.1 Å². The van der Waals surface area contributed by atoms with Crippen LogP contribution in [0.2, 0.25) is 0 Å². The molecule has 2 heterocycles. The van der Waals surface area contributed by atoms with Crippen molar-refractivity contribution in [2.75, 3.05) is 26.7 Å². The number of likely N-dealkylation sites (N-methyl/N-ethyl adjacent to an activating group) is 1. The lowest BCUT2D eigenvalue weighted by Crippen LogP contribution is -2.49. The summed E-state index contributed by atoms with van der Waals surface area (Å²) >= 11 is 3.41. The van der Waals surface area contributed by atoms with Crippen molar-refractivity contribution < 1.29 is 18.3 Å². The molecule has 1 aliphatic rings. The monoisotopic (exact) mass is 497 g/mol. The van der Waals surface area contributed by atoms with E-state index in [-0.39, 0.29) is 30.1 Å². The molecule has 0 aliphatic carbocycles. The quantitative estimate of drug-likeness (QED) is 0.660. The van der Waals surface area contributed by atoms with Gasteiger partial charge in [0.15, 0.2) is 0 Å². The number of ether oxygens (including phenoxy) is 1. The molecule has 0 amide bonds. The van der Waals surface area contributed by atoms with Gasteiger partial charge < -0.3 is 9.84 Å². The molecule has 0 spiro atoms. The van der Waals surface area contributed by atoms with Gasteiger partial charge in [0.1, 0.15) is 16.7 Å². The number of sulfonamides is 1. The summed E-state index contributed by atoms with van der Waals surface area (Å²) in [5.41, 5.74) is 0.958. The van der Waals surface area contributed by atoms with Crippen molar-refractivity contribution >= 4 is 26.0 Å². The zero-order valence-corrected chi connectivity index (χ0v) is 19.8. The van der Waals surface area contributed by atoms with Crippen LogP contribution in [0.5, 0.6) is 5.75 Å². The standard InChI is InChI=1S/C21H28BrN3O4S/c1-15-11-25(16(2)14-26)30(27,28)21-8-7-17(22)10-19(21)29-20(15)13-24(3)12-18-6-4-5-9-23-18/h4-10,15-16,20,26H,11-14H2,1-3H3/t15-,16-,20-/m0/s1. The highest BCUT2D eigenvalue weighted by atomic mass is 79.9. The summed E-state index contributed by atoms with van der Waals surface area (Å²) in [6.07, 6.45) is 1.53. The van der Waals surface area contributed by atoms with E-state index in [0.29, 0.717) is 18.8 Å². The van der Waals surface area contributed by atoms with Crippen LogP contribution >= 0.6 is 15.9 Å². The van der Waals surface area contributed by atoms with Gasteiger partial charge in [-0.15, -0.1) is 0 Å². The molecule has 2 aromatic rings. The number of halogens is 1. The van der Waals surface area contributed by atoms with Crippen LogP contribution in [0.1, 0.15) is 19.5 Å². The van der Waals surface area contributed by atoms with Gasteiger partial charge in [-0.05, 0) is 44.3 Å². The second-order valence-corrected chi connectivity index (χ2v) is 10.6. The van der Waals surface area contributed by atoms with Crippen LogP contribution < -0.4 is 4.74 Å². The highest BCUT2D eigenvalue weighted by molar-refractivity contribution is 9.10. The van der Waals surface area contributed by atoms with Crippen LogP contribution in [0.3, 0.4) is 0 Å². The SMILES string of the molecule is C[C@H]1CN([C@@H](C)CO)S(=O)(=O)c2ccc(Br)cc2O[C@H]1CN(C)Cc1ccccn1. The van der Waals surface area contributed by atoms with E-state index >= 15 is 0 Å². The van der Waals surface area contributed by atoms with Crippen molar-refractivity contribution in [3.63, 3.8) is 0 Å². The van der Waals surface area contributed by atoms with Crippen LogP contribution in [0, 0.1) is 5.92 Å². The highest BCUT2D eigenvalue weighted by Crippen LogP contribution is 2.35. The number of nitrogens with zero attached hydrogens (tertiary/aromatic N) is 3. The van der Waals surface area contributed by atoms with Gasteiger partial charge in [0.05, 0.1) is 12.3 Å². The third-order valence-corrected chi connectivity index (χ3v) is 7.79. The van der Waals surface area contributed by atoms with Crippen molar-refractivity contribution in [1.29, 1.82) is 0 Å². The van der Waals surface area contributed by atoms with Gasteiger partial charge >= 0.3 is 0 Å². The van der Waals surface area contributed by atoms with Crippen LogP contribution in [0.25, 0.3) is 0 Å². The minimum atomic E-state index is -3.80. The summed E-state index contributed by atoms with van der Waals surface area (Å²) in [6.45, 7) is 4.98. The summed E-state index contributed by atoms with van der Waals surface area (Å²) in [5.74, 6) is 0.231. The van der Waals surface area contributed by atoms with E-state index in [2.05, 4.69) is 25.8 Å². The topological polar surface area (TPSA) is 83.0 Å². The smallest absolute Gasteiger partial charge is 0.247 e. The molecule has 0 fully saturated rings. The van der Waals surface area contributed by atoms with Crippen molar-refractivity contribution in [3.05, 3.63) is 52.8 Å². The number of rotatable bonds is 6. The summed E-state index contributed by atoms with van der Waals surface area (Å²) < 4.78 is 35.0. The first-order valence-corrected chi connectivity index (χ1v) is 12.1. The fourth-order valence-corrected chi connectivity index (χ4v) is 5.72. The molecular formula is C21H28BrN3O4S. The Bertz CT molecular complexity index is 958. The van der Waals surface area contributed by atoms with E-state index in [1.807, 2.05) is 32.2 Å². The highest BCUT2D eigenvalue weighted by Gasteiger charge is 2.38. The van der Waals surface area contributed by atoms with E-state index in [9.17, 15) is 13.5 Å². The lowest BCUT2D eigenvalue weighted by atomic mass is 10.0. The fraction of sp³-hybridized carbons (Fsp3) is 0.476. The van der Waals surface area contributed by atoms with Crippen LogP contribution in [-0.4, -0.2) is 66.6 Å². The first-order chi connectivity index (χ1) is 14.2. The lowest BCUT2D eigenvalue weighted by molar-refractivity contribution is 0.0730. The lowest BCUT2D eigenvalue weighted by Gasteiger charge is -2.37. The number of benzene rings is 1. The third-order valence-electron chi connectivity index (χ3n) is 5.28. The molecule has 0 radical (unpaired) electrons. The van der Waals surface area contributed by atoms with Crippen LogP contribution in [0.15, 0.2) is 52.0 Å². The molecule has 164 valence electrons. The van der Waals surface area contributed by atoms with Gasteiger partial charge in [0.2, 0.25) is 10.0 Å². The molecule has 3 rings (SSSR count). The predicted octanol–water partition coefficient (Wildman–Crippen LogP) is 2.74. The molecule has 1 N–H and O–H groups in total. The number of pyridine rings is 1. The Balaban J connectivity index is 1.92. The molecule has 1 aromatic carbocycles. The Labute approximate surface area is 186 Å². The van der Waals surface area contributed by atoms with Gasteiger partial charge in [0.25, 0.3) is 0 Å². The van der Waals surface area contributed by atoms with Crippen molar-refractivity contribution in [3.8, 4) is 5.75 Å². The maximum Gasteiger partial charge on any atom is 0.247 e. The normalized spacial score (nSPS) is 22.6. The Morgan fingerprint density at radius 2 is 2.13 bits per heavy atom. The van der Waals surface area contributed by atoms with Crippen molar-refractivity contribution in [1.82, 2.24) is 14.2 Å². The first-order valence-electron chi connectivity index (χ1n) is 9.89. The second-order valence-electron chi connectivity index (χ2n) is 7.85. The second kappa shape index (κ2) is 9.74. The minimum Gasteiger partial charge on any atom is -0.487 e. The number of fused-ring (bicyclic) bond motifs is 1. The van der Waals surface area contributed by atoms with E-state index in [1.54, 1.807) is 31.3 Å². The predicted molar refractivity (Wildman–Crippen MR) is 119 cm³/mol. The average molecular weight is 498 g/mol. The largest absolute Gasteiger partial charge is 0.487 e. The molecule has 0 unspecified atom stereocenters. The Kier molecular flexibility index (Phi) is 7.52. The van der Waals surface area contributed by atoms with Crippen molar-refractivity contribution in [2.45, 2.75) is 37.4 Å². The number of aliphatic hydroxyl groups is 1. The molecule has 0 saturated heterocycles. The van der Waals surface area contributed by atoms with Crippen LogP contribution in [-0.2, 0) is 16.6 Å². The Hall–Kier alpha value is -1.52. The first kappa shape index (κ1) is 23.1. The maximum absolute atomic E-state index is 13.3. The van der Waals surface area contributed by atoms with Crippen LogP contribution in [0.4, 0.5) is 0 Å². The van der Waals surface area contributed by atoms with Gasteiger partial charge in [-0.3, -0.25) is 9.88 Å². The molecule has 0 saturated carbocycles. The van der Waals surface area contributed by atoms with E-state index in [4.69, 9.17) is 4.74 Å². The van der Waals surface area contributed by atoms with Gasteiger partial charge in [0, 0.05) is 42.3 Å². The summed E-state index contributed by atoms with van der Waals surface area (Å²) in [5, 5.41) is 9.68. The van der Waals surface area contributed by atoms with E-state index in [0.717, 1.165) is 10.2 Å². The molecule has 3 atom stereocenters. The minimum absolute atomic E-state index is 0.0907. The maximum atomic E-state index is 13.3. The molecule has 1 aromatic heterocycles. The van der Waals surface area contributed by atoms with Gasteiger partial charge in [-0.25, -0.2) is 8.42 Å². The molecule has 9 heteroatoms. The summed E-state index contributed by atoms with van der Waals surface area (Å²) in [7, 11) is -1.80. The van der Waals surface area contributed by atoms with Crippen molar-refractivity contribution in [2.24, 2.45) is 5.92 Å². The average Bonchev–Trinajstić information content (AvgIpc) is 2.70. The fourth-order valence-electron chi connectivity index (χ4n) is 3.56. The van der Waals surface area contributed by atoms with Gasteiger partial charge in [-0.2, -0.15) is 4.31 Å². The zero-order valence-electron chi connectivity index (χ0n) is 17.4. The molecular weight excluding hydrogens is 470 g/mol. The molecule has 7 nitrogen and oxygen atoms in total. The number of aromatic nitrogens is 1. The summed E-state index contributed by atoms with van der Waals surface area (Å²) in [4.78, 5) is 6.62. The Morgan fingerprint density at radius 1 is 1.37 bits per heavy atom. The number of aliphatic hydroxyl groups excluding tert-OH is 1. The van der Waals surface area contributed by atoms with E-state index in [1.165, 1.54) is 4.31 Å². The zero-order chi connectivity index (χ0) is 21.9.